The van der Waals surface area contributed by atoms with Crippen molar-refractivity contribution in [1.29, 1.82) is 0 Å². The molecule has 0 heterocycles. The van der Waals surface area contributed by atoms with Crippen molar-refractivity contribution >= 4 is 7.82 Å². The molecule has 6 nitrogen and oxygen atoms in total. The van der Waals surface area contributed by atoms with Crippen molar-refractivity contribution in [1.82, 2.24) is 0 Å². The van der Waals surface area contributed by atoms with Crippen molar-refractivity contribution in [3.8, 4) is 0 Å². The average Bonchev–Trinajstić information content (AvgIpc) is 3.02. The fourth-order valence-electron chi connectivity index (χ4n) is 3.85. The molecule has 1 fully saturated rings. The number of nitrogens with two attached hydrogens (primary N) is 1. The molecule has 0 aliphatic heterocycles. The van der Waals surface area contributed by atoms with Gasteiger partial charge in [-0.15, -0.1) is 0 Å². The Balaban J connectivity index is 1.70. The Morgan fingerprint density at radius 3 is 2.50 bits per heavy atom. The van der Waals surface area contributed by atoms with Crippen molar-refractivity contribution in [2.75, 3.05) is 13.2 Å². The summed E-state index contributed by atoms with van der Waals surface area (Å²) in [5, 5.41) is 0. The lowest BCUT2D eigenvalue weighted by Gasteiger charge is -2.24. The molecule has 0 bridgehead atoms. The number of hydrogen-bond donors (Lipinski definition) is 3. The monoisotopic (exact) mass is 413 g/mol. The van der Waals surface area contributed by atoms with Gasteiger partial charge < -0.3 is 20.3 Å². The van der Waals surface area contributed by atoms with E-state index in [2.05, 4.69) is 42.6 Å². The minimum absolute atomic E-state index is 0.103. The Morgan fingerprint density at radius 1 is 1.18 bits per heavy atom. The van der Waals surface area contributed by atoms with Gasteiger partial charge in [-0.05, 0) is 69.4 Å². The molecular formula is C21H36NO5P. The van der Waals surface area contributed by atoms with Crippen molar-refractivity contribution in [2.45, 2.75) is 82.8 Å². The third kappa shape index (κ3) is 8.73. The quantitative estimate of drug-likeness (QED) is 0.349. The molecule has 1 aromatic carbocycles. The van der Waals surface area contributed by atoms with E-state index in [1.165, 1.54) is 30.4 Å². The molecule has 0 aromatic heterocycles. The molecule has 0 radical (unpaired) electrons. The number of benzene rings is 1. The zero-order valence-electron chi connectivity index (χ0n) is 17.2. The lowest BCUT2D eigenvalue weighted by molar-refractivity contribution is 0.0757. The molecule has 1 saturated carbocycles. The Morgan fingerprint density at radius 2 is 1.86 bits per heavy atom. The molecule has 2 atom stereocenters. The van der Waals surface area contributed by atoms with Crippen LogP contribution in [0.5, 0.6) is 0 Å². The van der Waals surface area contributed by atoms with Crippen LogP contribution in [0.15, 0.2) is 24.3 Å². The van der Waals surface area contributed by atoms with Gasteiger partial charge in [0.1, 0.15) is 0 Å². The summed E-state index contributed by atoms with van der Waals surface area (Å²) in [5.74, 6) is 0.320. The van der Waals surface area contributed by atoms with E-state index in [0.717, 1.165) is 25.9 Å². The van der Waals surface area contributed by atoms with E-state index in [0.29, 0.717) is 24.9 Å². The number of unbranched alkanes of at least 4 members (excludes halogenated alkanes) is 3. The predicted octanol–water partition coefficient (Wildman–Crippen LogP) is 4.29. The molecule has 28 heavy (non-hydrogen) atoms. The molecule has 0 saturated heterocycles. The first-order chi connectivity index (χ1) is 13.2. The topological polar surface area (TPSA) is 102 Å². The molecule has 7 heteroatoms. The van der Waals surface area contributed by atoms with Crippen LogP contribution in [0.4, 0.5) is 0 Å². The smallest absolute Gasteiger partial charge is 0.379 e. The second kappa shape index (κ2) is 10.9. The van der Waals surface area contributed by atoms with Gasteiger partial charge in [0.05, 0.1) is 12.7 Å². The molecule has 0 amide bonds. The molecule has 160 valence electrons. The van der Waals surface area contributed by atoms with Crippen LogP contribution in [0.25, 0.3) is 0 Å². The van der Waals surface area contributed by atoms with Gasteiger partial charge in [0.25, 0.3) is 0 Å². The fraction of sp³-hybridized carbons (Fsp3) is 0.714. The molecule has 0 unspecified atom stereocenters. The van der Waals surface area contributed by atoms with E-state index in [-0.39, 0.29) is 6.61 Å². The first kappa shape index (κ1) is 23.5. The third-order valence-corrected chi connectivity index (χ3v) is 5.89. The largest absolute Gasteiger partial charge is 0.469 e. The second-order valence-corrected chi connectivity index (χ2v) is 9.63. The van der Waals surface area contributed by atoms with Gasteiger partial charge in [0.15, 0.2) is 0 Å². The van der Waals surface area contributed by atoms with Gasteiger partial charge in [0, 0.05) is 12.1 Å². The lowest BCUT2D eigenvalue weighted by Crippen LogP contribution is -2.41. The van der Waals surface area contributed by atoms with Crippen LogP contribution >= 0.6 is 7.82 Å². The molecule has 1 aliphatic rings. The van der Waals surface area contributed by atoms with Gasteiger partial charge in [-0.25, -0.2) is 4.57 Å². The highest BCUT2D eigenvalue weighted by molar-refractivity contribution is 7.46. The van der Waals surface area contributed by atoms with E-state index in [9.17, 15) is 4.57 Å². The molecule has 2 rings (SSSR count). The maximum atomic E-state index is 10.9. The zero-order chi connectivity index (χ0) is 20.6. The minimum Gasteiger partial charge on any atom is -0.379 e. The Labute approximate surface area is 169 Å². The van der Waals surface area contributed by atoms with Gasteiger partial charge in [-0.2, -0.15) is 0 Å². The number of rotatable bonds is 12. The average molecular weight is 413 g/mol. The number of ether oxygens (including phenoxy) is 1. The lowest BCUT2D eigenvalue weighted by atomic mass is 9.92. The molecule has 4 N–H and O–H groups in total. The summed E-state index contributed by atoms with van der Waals surface area (Å²) in [7, 11) is -4.47. The van der Waals surface area contributed by atoms with E-state index >= 15 is 0 Å². The van der Waals surface area contributed by atoms with E-state index < -0.39 is 13.4 Å². The second-order valence-electron chi connectivity index (χ2n) is 8.39. The van der Waals surface area contributed by atoms with Crippen LogP contribution < -0.4 is 5.73 Å². The first-order valence-electron chi connectivity index (χ1n) is 10.4. The molecule has 1 aromatic rings. The van der Waals surface area contributed by atoms with Crippen LogP contribution in [0.2, 0.25) is 0 Å². The molecule has 1 aliphatic carbocycles. The van der Waals surface area contributed by atoms with Crippen molar-refractivity contribution < 1.29 is 23.6 Å². The summed E-state index contributed by atoms with van der Waals surface area (Å²) in [5.41, 5.74) is 8.22. The summed E-state index contributed by atoms with van der Waals surface area (Å²) < 4.78 is 21.1. The summed E-state index contributed by atoms with van der Waals surface area (Å²) >= 11 is 0. The SMILES string of the molecule is CC(C)OCCCCCCc1ccc([C@H]2CC[C@@](N)(COP(=O)(O)O)C2)cc1. The summed E-state index contributed by atoms with van der Waals surface area (Å²) in [6, 6.07) is 8.73. The Hall–Kier alpha value is -0.750. The van der Waals surface area contributed by atoms with Crippen molar-refractivity contribution in [3.63, 3.8) is 0 Å². The highest BCUT2D eigenvalue weighted by atomic mass is 31.2. The van der Waals surface area contributed by atoms with Crippen LogP contribution in [0, 0.1) is 0 Å². The number of phosphoric ester groups is 1. The van der Waals surface area contributed by atoms with Gasteiger partial charge in [-0.1, -0.05) is 37.1 Å². The predicted molar refractivity (Wildman–Crippen MR) is 111 cm³/mol. The standard InChI is InChI=1S/C21H36NO5P/c1-17(2)26-14-6-4-3-5-7-18-8-10-19(11-9-18)20-12-13-21(22,15-20)16-27-28(23,24)25/h8-11,17,20H,3-7,12-16,22H2,1-2H3,(H2,23,24,25)/t20-,21-/m0/s1. The summed E-state index contributed by atoms with van der Waals surface area (Å²) in [6.07, 6.45) is 8.47. The van der Waals surface area contributed by atoms with E-state index in [1.54, 1.807) is 0 Å². The van der Waals surface area contributed by atoms with E-state index in [1.807, 2.05) is 0 Å². The third-order valence-electron chi connectivity index (χ3n) is 5.43. The van der Waals surface area contributed by atoms with Gasteiger partial charge in [-0.3, -0.25) is 4.52 Å². The number of hydrogen-bond acceptors (Lipinski definition) is 4. The number of aryl methyl sites for hydroxylation is 1. The molecular weight excluding hydrogens is 377 g/mol. The highest BCUT2D eigenvalue weighted by Crippen LogP contribution is 2.43. The Bertz CT molecular complexity index is 630. The first-order valence-corrected chi connectivity index (χ1v) is 11.9. The van der Waals surface area contributed by atoms with Gasteiger partial charge >= 0.3 is 7.82 Å². The van der Waals surface area contributed by atoms with Crippen molar-refractivity contribution in [3.05, 3.63) is 35.4 Å². The number of phosphoric acid groups is 1. The van der Waals surface area contributed by atoms with Crippen LogP contribution in [0.1, 0.15) is 75.8 Å². The summed E-state index contributed by atoms with van der Waals surface area (Å²) in [6.45, 7) is 4.89. The van der Waals surface area contributed by atoms with Crippen LogP contribution in [-0.2, 0) is 20.2 Å². The van der Waals surface area contributed by atoms with Crippen LogP contribution in [0.3, 0.4) is 0 Å². The van der Waals surface area contributed by atoms with Gasteiger partial charge in [0.2, 0.25) is 0 Å². The fourth-order valence-corrected chi connectivity index (χ4v) is 4.27. The minimum atomic E-state index is -4.47. The highest BCUT2D eigenvalue weighted by Gasteiger charge is 2.38. The Kier molecular flexibility index (Phi) is 9.13. The molecule has 0 spiro atoms. The van der Waals surface area contributed by atoms with E-state index in [4.69, 9.17) is 20.3 Å². The summed E-state index contributed by atoms with van der Waals surface area (Å²) in [4.78, 5) is 17.8. The maximum absolute atomic E-state index is 10.9. The van der Waals surface area contributed by atoms with Crippen molar-refractivity contribution in [2.24, 2.45) is 5.73 Å². The maximum Gasteiger partial charge on any atom is 0.469 e. The zero-order valence-corrected chi connectivity index (χ0v) is 18.1. The van der Waals surface area contributed by atoms with Crippen LogP contribution in [-0.4, -0.2) is 34.6 Å². The normalized spacial score (nSPS) is 22.9.